The van der Waals surface area contributed by atoms with E-state index >= 15 is 0 Å². The molecule has 0 aliphatic heterocycles. The molecule has 1 heteroatoms. The van der Waals surface area contributed by atoms with Crippen LogP contribution in [0.2, 0.25) is 0 Å². The number of nitrogens with one attached hydrogen (secondary N) is 1. The Morgan fingerprint density at radius 1 is 1.19 bits per heavy atom. The molecule has 0 aromatic heterocycles. The maximum Gasteiger partial charge on any atom is 0.0325 e. The fraction of sp³-hybridized carbons (Fsp3) is 0.600. The van der Waals surface area contributed by atoms with Crippen molar-refractivity contribution in [1.82, 2.24) is 5.32 Å². The van der Waals surface area contributed by atoms with Gasteiger partial charge in [0.15, 0.2) is 0 Å². The lowest BCUT2D eigenvalue weighted by atomic mass is 9.80. The van der Waals surface area contributed by atoms with E-state index in [4.69, 9.17) is 0 Å². The maximum atomic E-state index is 3.84. The molecule has 1 N–H and O–H groups in total. The van der Waals surface area contributed by atoms with E-state index in [9.17, 15) is 0 Å². The third-order valence-corrected chi connectivity index (χ3v) is 4.18. The first-order valence-corrected chi connectivity index (χ1v) is 6.67. The molecule has 1 nitrogen and oxygen atoms in total. The molecule has 86 valence electrons. The van der Waals surface area contributed by atoms with Gasteiger partial charge in [0.2, 0.25) is 0 Å². The Labute approximate surface area is 98.3 Å². The van der Waals surface area contributed by atoms with Gasteiger partial charge in [-0.1, -0.05) is 31.2 Å². The van der Waals surface area contributed by atoms with E-state index in [1.54, 1.807) is 11.1 Å². The molecule has 0 bridgehead atoms. The molecule has 3 rings (SSSR count). The van der Waals surface area contributed by atoms with Gasteiger partial charge in [0.1, 0.15) is 0 Å². The predicted molar refractivity (Wildman–Crippen MR) is 67.4 cm³/mol. The van der Waals surface area contributed by atoms with Crippen molar-refractivity contribution < 1.29 is 0 Å². The zero-order valence-electron chi connectivity index (χ0n) is 10.1. The quantitative estimate of drug-likeness (QED) is 0.796. The molecule has 0 saturated heterocycles. The van der Waals surface area contributed by atoms with Crippen LogP contribution in [-0.2, 0) is 6.42 Å². The Hall–Kier alpha value is -0.820. The summed E-state index contributed by atoms with van der Waals surface area (Å²) in [6.45, 7) is 2.35. The molecule has 1 saturated carbocycles. The maximum absolute atomic E-state index is 3.84. The molecular weight excluding hydrogens is 194 g/mol. The zero-order valence-corrected chi connectivity index (χ0v) is 10.1. The highest BCUT2D eigenvalue weighted by Crippen LogP contribution is 2.34. The summed E-state index contributed by atoms with van der Waals surface area (Å²) in [6, 6.07) is 10.4. The number of rotatable bonds is 2. The third-order valence-electron chi connectivity index (χ3n) is 4.18. The van der Waals surface area contributed by atoms with Crippen LogP contribution in [0.15, 0.2) is 24.3 Å². The molecule has 1 fully saturated rings. The minimum absolute atomic E-state index is 0.627. The van der Waals surface area contributed by atoms with Crippen molar-refractivity contribution >= 4 is 0 Å². The van der Waals surface area contributed by atoms with Gasteiger partial charge in [-0.2, -0.15) is 0 Å². The van der Waals surface area contributed by atoms with E-state index in [1.165, 1.54) is 32.1 Å². The summed E-state index contributed by atoms with van der Waals surface area (Å²) in [4.78, 5) is 0. The average molecular weight is 215 g/mol. The van der Waals surface area contributed by atoms with Gasteiger partial charge >= 0.3 is 0 Å². The number of hydrogen-bond acceptors (Lipinski definition) is 1. The molecule has 1 aromatic rings. The molecule has 1 unspecified atom stereocenters. The van der Waals surface area contributed by atoms with Gasteiger partial charge in [-0.15, -0.1) is 0 Å². The number of hydrogen-bond donors (Lipinski definition) is 1. The molecule has 2 aliphatic carbocycles. The normalized spacial score (nSPS) is 32.9. The summed E-state index contributed by atoms with van der Waals surface area (Å²) in [5, 5.41) is 3.84. The first-order chi connectivity index (χ1) is 7.83. The van der Waals surface area contributed by atoms with E-state index in [1.807, 2.05) is 0 Å². The molecule has 0 heterocycles. The van der Waals surface area contributed by atoms with Gasteiger partial charge in [0.05, 0.1) is 0 Å². The highest BCUT2D eigenvalue weighted by Gasteiger charge is 2.29. The lowest BCUT2D eigenvalue weighted by molar-refractivity contribution is 0.215. The van der Waals surface area contributed by atoms with Crippen molar-refractivity contribution in [2.45, 2.75) is 51.1 Å². The van der Waals surface area contributed by atoms with Crippen molar-refractivity contribution in [2.75, 3.05) is 0 Å². The number of fused-ring (bicyclic) bond motifs is 1. The van der Waals surface area contributed by atoms with Crippen LogP contribution in [0, 0.1) is 5.92 Å². The minimum Gasteiger partial charge on any atom is -0.307 e. The molecule has 0 amide bonds. The van der Waals surface area contributed by atoms with Crippen molar-refractivity contribution in [2.24, 2.45) is 5.92 Å². The van der Waals surface area contributed by atoms with Gasteiger partial charge in [0.25, 0.3) is 0 Å². The Morgan fingerprint density at radius 2 is 2.00 bits per heavy atom. The molecule has 2 aliphatic rings. The van der Waals surface area contributed by atoms with Crippen LogP contribution >= 0.6 is 0 Å². The SMILES string of the molecule is CC1CC(NC2CCCc3ccccc32)C1. The van der Waals surface area contributed by atoms with Crippen LogP contribution in [0.25, 0.3) is 0 Å². The van der Waals surface area contributed by atoms with Gasteiger partial charge in [-0.3, -0.25) is 0 Å². The topological polar surface area (TPSA) is 12.0 Å². The summed E-state index contributed by atoms with van der Waals surface area (Å²) >= 11 is 0. The highest BCUT2D eigenvalue weighted by molar-refractivity contribution is 5.32. The smallest absolute Gasteiger partial charge is 0.0325 e. The first-order valence-electron chi connectivity index (χ1n) is 6.67. The van der Waals surface area contributed by atoms with Gasteiger partial charge in [-0.05, 0) is 49.1 Å². The lowest BCUT2D eigenvalue weighted by Crippen LogP contribution is -2.42. The number of aryl methyl sites for hydroxylation is 1. The summed E-state index contributed by atoms with van der Waals surface area (Å²) in [7, 11) is 0. The summed E-state index contributed by atoms with van der Waals surface area (Å²) in [5.74, 6) is 0.941. The van der Waals surface area contributed by atoms with Crippen molar-refractivity contribution in [3.05, 3.63) is 35.4 Å². The van der Waals surface area contributed by atoms with Crippen LogP contribution < -0.4 is 5.32 Å². The van der Waals surface area contributed by atoms with E-state index in [-0.39, 0.29) is 0 Å². The van der Waals surface area contributed by atoms with Crippen LogP contribution in [-0.4, -0.2) is 6.04 Å². The molecule has 16 heavy (non-hydrogen) atoms. The van der Waals surface area contributed by atoms with Crippen LogP contribution in [0.4, 0.5) is 0 Å². The van der Waals surface area contributed by atoms with E-state index in [2.05, 4.69) is 36.5 Å². The lowest BCUT2D eigenvalue weighted by Gasteiger charge is -2.38. The van der Waals surface area contributed by atoms with E-state index < -0.39 is 0 Å². The zero-order chi connectivity index (χ0) is 11.0. The Kier molecular flexibility index (Phi) is 2.72. The Bertz CT molecular complexity index is 365. The van der Waals surface area contributed by atoms with Gasteiger partial charge in [0, 0.05) is 12.1 Å². The molecule has 1 aromatic carbocycles. The fourth-order valence-corrected chi connectivity index (χ4v) is 3.25. The van der Waals surface area contributed by atoms with Gasteiger partial charge in [-0.25, -0.2) is 0 Å². The molecular formula is C15H21N. The van der Waals surface area contributed by atoms with Crippen LogP contribution in [0.1, 0.15) is 49.8 Å². The first kappa shape index (κ1) is 10.3. The van der Waals surface area contributed by atoms with E-state index in [0.717, 1.165) is 12.0 Å². The third kappa shape index (κ3) is 1.89. The summed E-state index contributed by atoms with van der Waals surface area (Å²) < 4.78 is 0. The van der Waals surface area contributed by atoms with Gasteiger partial charge < -0.3 is 5.32 Å². The molecule has 0 radical (unpaired) electrons. The fourth-order valence-electron chi connectivity index (χ4n) is 3.25. The van der Waals surface area contributed by atoms with Crippen LogP contribution in [0.3, 0.4) is 0 Å². The highest BCUT2D eigenvalue weighted by atomic mass is 15.0. The van der Waals surface area contributed by atoms with Crippen LogP contribution in [0.5, 0.6) is 0 Å². The second-order valence-corrected chi connectivity index (χ2v) is 5.58. The summed E-state index contributed by atoms with van der Waals surface area (Å²) in [5.41, 5.74) is 3.13. The second-order valence-electron chi connectivity index (χ2n) is 5.58. The molecule has 0 spiro atoms. The molecule has 1 atom stereocenters. The second kappa shape index (κ2) is 4.21. The van der Waals surface area contributed by atoms with Crippen molar-refractivity contribution in [1.29, 1.82) is 0 Å². The monoisotopic (exact) mass is 215 g/mol. The van der Waals surface area contributed by atoms with Crippen molar-refractivity contribution in [3.63, 3.8) is 0 Å². The average Bonchev–Trinajstić information content (AvgIpc) is 2.27. The Balaban J connectivity index is 1.72. The minimum atomic E-state index is 0.627. The summed E-state index contributed by atoms with van der Waals surface area (Å²) in [6.07, 6.45) is 6.69. The standard InChI is InChI=1S/C15H21N/c1-11-9-13(10-11)16-15-8-4-6-12-5-2-3-7-14(12)15/h2-3,5,7,11,13,15-16H,4,6,8-10H2,1H3. The predicted octanol–water partition coefficient (Wildman–Crippen LogP) is 3.45. The Morgan fingerprint density at radius 3 is 2.81 bits per heavy atom. The largest absolute Gasteiger partial charge is 0.307 e. The number of benzene rings is 1. The van der Waals surface area contributed by atoms with E-state index in [0.29, 0.717) is 6.04 Å². The van der Waals surface area contributed by atoms with Crippen molar-refractivity contribution in [3.8, 4) is 0 Å².